The van der Waals surface area contributed by atoms with Gasteiger partial charge < -0.3 is 15.2 Å². The van der Waals surface area contributed by atoms with Crippen molar-refractivity contribution in [2.24, 2.45) is 0 Å². The summed E-state index contributed by atoms with van der Waals surface area (Å²) in [4.78, 5) is 0. The van der Waals surface area contributed by atoms with Gasteiger partial charge in [0.05, 0.1) is 0 Å². The molecule has 0 heterocycles. The summed E-state index contributed by atoms with van der Waals surface area (Å²) in [5, 5.41) is 0. The van der Waals surface area contributed by atoms with Crippen LogP contribution in [0.15, 0.2) is 51.4 Å². The zero-order valence-corrected chi connectivity index (χ0v) is 13.3. The van der Waals surface area contributed by atoms with E-state index in [1.807, 2.05) is 36.4 Å². The van der Waals surface area contributed by atoms with Crippen LogP contribution < -0.4 is 15.2 Å². The Labute approximate surface area is 129 Å². The van der Waals surface area contributed by atoms with Crippen molar-refractivity contribution in [3.63, 3.8) is 0 Å². The summed E-state index contributed by atoms with van der Waals surface area (Å²) in [6.45, 7) is 0.944. The first-order chi connectivity index (χ1) is 9.13. The van der Waals surface area contributed by atoms with Crippen molar-refractivity contribution in [2.75, 3.05) is 18.9 Å². The molecule has 0 aliphatic carbocycles. The van der Waals surface area contributed by atoms with Crippen molar-refractivity contribution >= 4 is 37.5 Å². The van der Waals surface area contributed by atoms with E-state index in [-0.39, 0.29) is 0 Å². The molecule has 0 spiro atoms. The second kappa shape index (κ2) is 6.82. The molecule has 2 N–H and O–H groups in total. The Morgan fingerprint density at radius 2 is 1.42 bits per heavy atom. The summed E-state index contributed by atoms with van der Waals surface area (Å²) in [5.41, 5.74) is 6.39. The molecule has 0 atom stereocenters. The highest BCUT2D eigenvalue weighted by molar-refractivity contribution is 9.10. The highest BCUT2D eigenvalue weighted by Gasteiger charge is 1.99. The van der Waals surface area contributed by atoms with Crippen molar-refractivity contribution in [2.45, 2.75) is 0 Å². The molecule has 100 valence electrons. The lowest BCUT2D eigenvalue weighted by molar-refractivity contribution is 0.217. The number of rotatable bonds is 5. The molecule has 5 heteroatoms. The number of ether oxygens (including phenoxy) is 2. The van der Waals surface area contributed by atoms with E-state index in [1.165, 1.54) is 0 Å². The summed E-state index contributed by atoms with van der Waals surface area (Å²) in [5.74, 6) is 1.55. The lowest BCUT2D eigenvalue weighted by Gasteiger charge is -2.09. The minimum atomic E-state index is 0.464. The number of halogens is 2. The zero-order chi connectivity index (χ0) is 13.7. The van der Waals surface area contributed by atoms with E-state index >= 15 is 0 Å². The van der Waals surface area contributed by atoms with Gasteiger partial charge in [-0.1, -0.05) is 31.9 Å². The predicted octanol–water partition coefficient (Wildman–Crippen LogP) is 4.25. The van der Waals surface area contributed by atoms with Gasteiger partial charge in [0.1, 0.15) is 24.7 Å². The van der Waals surface area contributed by atoms with Gasteiger partial charge in [-0.3, -0.25) is 0 Å². The molecule has 0 aliphatic heterocycles. The van der Waals surface area contributed by atoms with Crippen LogP contribution in [0.2, 0.25) is 0 Å². The third-order valence-electron chi connectivity index (χ3n) is 2.33. The van der Waals surface area contributed by atoms with E-state index in [2.05, 4.69) is 31.9 Å². The first-order valence-corrected chi connectivity index (χ1v) is 7.29. The first-order valence-electron chi connectivity index (χ1n) is 5.71. The Kier molecular flexibility index (Phi) is 5.10. The lowest BCUT2D eigenvalue weighted by atomic mass is 10.3. The van der Waals surface area contributed by atoms with Crippen LogP contribution in [0, 0.1) is 0 Å². The third-order valence-corrected chi connectivity index (χ3v) is 3.31. The maximum absolute atomic E-state index is 5.72. The molecule has 0 fully saturated rings. The largest absolute Gasteiger partial charge is 0.490 e. The molecule has 0 radical (unpaired) electrons. The number of benzene rings is 2. The summed E-state index contributed by atoms with van der Waals surface area (Å²) in [6, 6.07) is 13.2. The molecule has 3 nitrogen and oxygen atoms in total. The molecule has 19 heavy (non-hydrogen) atoms. The smallest absolute Gasteiger partial charge is 0.122 e. The van der Waals surface area contributed by atoms with Gasteiger partial charge in [-0.15, -0.1) is 0 Å². The fraction of sp³-hybridized carbons (Fsp3) is 0.143. The number of nitrogen functional groups attached to an aromatic ring is 1. The Morgan fingerprint density at radius 1 is 0.789 bits per heavy atom. The maximum Gasteiger partial charge on any atom is 0.122 e. The normalized spacial score (nSPS) is 10.2. The van der Waals surface area contributed by atoms with Gasteiger partial charge in [-0.05, 0) is 36.4 Å². The molecule has 0 unspecified atom stereocenters. The zero-order valence-electron chi connectivity index (χ0n) is 10.1. The fourth-order valence-corrected chi connectivity index (χ4v) is 2.27. The second-order valence-electron chi connectivity index (χ2n) is 3.87. The van der Waals surface area contributed by atoms with E-state index in [0.717, 1.165) is 20.4 Å². The molecule has 2 aromatic rings. The van der Waals surface area contributed by atoms with Crippen LogP contribution in [0.3, 0.4) is 0 Å². The van der Waals surface area contributed by atoms with Crippen LogP contribution in [-0.4, -0.2) is 13.2 Å². The number of anilines is 1. The van der Waals surface area contributed by atoms with Crippen molar-refractivity contribution in [1.29, 1.82) is 0 Å². The predicted molar refractivity (Wildman–Crippen MR) is 83.7 cm³/mol. The first kappa shape index (κ1) is 14.2. The quantitative estimate of drug-likeness (QED) is 0.617. The minimum Gasteiger partial charge on any atom is -0.490 e. The summed E-state index contributed by atoms with van der Waals surface area (Å²) in [7, 11) is 0. The van der Waals surface area contributed by atoms with Crippen molar-refractivity contribution in [1.82, 2.24) is 0 Å². The summed E-state index contributed by atoms with van der Waals surface area (Å²) in [6.07, 6.45) is 0. The van der Waals surface area contributed by atoms with Crippen LogP contribution >= 0.6 is 31.9 Å². The lowest BCUT2D eigenvalue weighted by Crippen LogP contribution is -2.09. The molecule has 0 amide bonds. The van der Waals surface area contributed by atoms with Crippen molar-refractivity contribution < 1.29 is 9.47 Å². The van der Waals surface area contributed by atoms with Crippen molar-refractivity contribution in [3.8, 4) is 11.5 Å². The van der Waals surface area contributed by atoms with Gasteiger partial charge in [0.25, 0.3) is 0 Å². The topological polar surface area (TPSA) is 44.5 Å². The van der Waals surface area contributed by atoms with Gasteiger partial charge in [-0.2, -0.15) is 0 Å². The summed E-state index contributed by atoms with van der Waals surface area (Å²) < 4.78 is 13.1. The molecule has 2 rings (SSSR count). The monoisotopic (exact) mass is 385 g/mol. The second-order valence-corrected chi connectivity index (χ2v) is 5.70. The Morgan fingerprint density at radius 3 is 2.05 bits per heavy atom. The SMILES string of the molecule is Nc1cc(Br)cc(OCCOc2ccc(Br)cc2)c1. The fourth-order valence-electron chi connectivity index (χ4n) is 1.52. The van der Waals surface area contributed by atoms with Crippen LogP contribution in [0.1, 0.15) is 0 Å². The van der Waals surface area contributed by atoms with Crippen LogP contribution in [-0.2, 0) is 0 Å². The minimum absolute atomic E-state index is 0.464. The molecule has 0 bridgehead atoms. The maximum atomic E-state index is 5.72. The molecule has 2 aromatic carbocycles. The van der Waals surface area contributed by atoms with Gasteiger partial charge in [0, 0.05) is 20.7 Å². The van der Waals surface area contributed by atoms with Crippen LogP contribution in [0.4, 0.5) is 5.69 Å². The molecule has 0 saturated heterocycles. The Hall–Kier alpha value is -1.20. The Balaban J connectivity index is 1.79. The highest BCUT2D eigenvalue weighted by Crippen LogP contribution is 2.22. The number of nitrogens with two attached hydrogens (primary N) is 1. The van der Waals surface area contributed by atoms with E-state index in [0.29, 0.717) is 18.9 Å². The molecule has 0 saturated carbocycles. The van der Waals surface area contributed by atoms with Crippen molar-refractivity contribution in [3.05, 3.63) is 51.4 Å². The van der Waals surface area contributed by atoms with Crippen LogP contribution in [0.5, 0.6) is 11.5 Å². The van der Waals surface area contributed by atoms with Gasteiger partial charge >= 0.3 is 0 Å². The Bertz CT molecular complexity index is 523. The molecule has 0 aromatic heterocycles. The average Bonchev–Trinajstić information content (AvgIpc) is 2.36. The standard InChI is InChI=1S/C14H13Br2NO2/c15-10-1-3-13(4-2-10)18-5-6-19-14-8-11(16)7-12(17)9-14/h1-4,7-9H,5-6,17H2. The molecular formula is C14H13Br2NO2. The van der Waals surface area contributed by atoms with Crippen LogP contribution in [0.25, 0.3) is 0 Å². The third kappa shape index (κ3) is 4.76. The van der Waals surface area contributed by atoms with Gasteiger partial charge in [0.2, 0.25) is 0 Å². The van der Waals surface area contributed by atoms with E-state index in [4.69, 9.17) is 15.2 Å². The average molecular weight is 387 g/mol. The molecule has 0 aliphatic rings. The highest BCUT2D eigenvalue weighted by atomic mass is 79.9. The van der Waals surface area contributed by atoms with Gasteiger partial charge in [-0.25, -0.2) is 0 Å². The number of hydrogen-bond donors (Lipinski definition) is 1. The van der Waals surface area contributed by atoms with E-state index < -0.39 is 0 Å². The molecular weight excluding hydrogens is 374 g/mol. The summed E-state index contributed by atoms with van der Waals surface area (Å²) >= 11 is 6.74. The number of hydrogen-bond acceptors (Lipinski definition) is 3. The van der Waals surface area contributed by atoms with Gasteiger partial charge in [0.15, 0.2) is 0 Å². The van der Waals surface area contributed by atoms with E-state index in [1.54, 1.807) is 6.07 Å². The van der Waals surface area contributed by atoms with E-state index in [9.17, 15) is 0 Å².